The zero-order valence-electron chi connectivity index (χ0n) is 20.7. The number of benzene rings is 3. The molecule has 0 bridgehead atoms. The van der Waals surface area contributed by atoms with Crippen LogP contribution in [0.1, 0.15) is 39.5 Å². The summed E-state index contributed by atoms with van der Waals surface area (Å²) in [5.41, 5.74) is -0.550. The molecule has 0 N–H and O–H groups in total. The first kappa shape index (κ1) is 29.6. The van der Waals surface area contributed by atoms with Crippen LogP contribution < -0.4 is 8.61 Å². The number of carbonyl (C=O) groups excluding carboxylic acids is 2. The first-order valence-electron chi connectivity index (χ1n) is 11.7. The van der Waals surface area contributed by atoms with Gasteiger partial charge in [-0.05, 0) is 73.5 Å². The van der Waals surface area contributed by atoms with E-state index in [4.69, 9.17) is 23.2 Å². The standard InChI is InChI=1S/C26H26Cl2N2O6S2/c1-3-7-25(31)29(37(33,34)21-15-11-19(27)12-16-21)23-9-5-6-10-24(23)30(26(32)8-4-2)38(35,36)22-17-13-20(28)14-18-22/h5-6,9-18H,3-4,7-8H2,1-2H3. The number of nitrogens with zero attached hydrogens (tertiary/aromatic N) is 2. The van der Waals surface area contributed by atoms with Gasteiger partial charge in [-0.2, -0.15) is 0 Å². The predicted octanol–water partition coefficient (Wildman–Crippen LogP) is 6.04. The molecular formula is C26H26Cl2N2O6S2. The third kappa shape index (κ3) is 6.20. The lowest BCUT2D eigenvalue weighted by Crippen LogP contribution is -2.41. The van der Waals surface area contributed by atoms with E-state index in [9.17, 15) is 26.4 Å². The minimum absolute atomic E-state index is 0.145. The van der Waals surface area contributed by atoms with Crippen LogP contribution in [0.25, 0.3) is 0 Å². The molecule has 0 radical (unpaired) electrons. The van der Waals surface area contributed by atoms with Crippen molar-refractivity contribution in [3.8, 4) is 0 Å². The smallest absolute Gasteiger partial charge is 0.270 e. The molecule has 0 spiro atoms. The van der Waals surface area contributed by atoms with Crippen molar-refractivity contribution < 1.29 is 26.4 Å². The van der Waals surface area contributed by atoms with E-state index < -0.39 is 31.9 Å². The zero-order chi connectivity index (χ0) is 28.1. The maximum atomic E-state index is 13.8. The first-order chi connectivity index (χ1) is 17.9. The van der Waals surface area contributed by atoms with Crippen molar-refractivity contribution in [1.29, 1.82) is 0 Å². The van der Waals surface area contributed by atoms with Crippen LogP contribution in [0, 0.1) is 0 Å². The van der Waals surface area contributed by atoms with E-state index in [2.05, 4.69) is 0 Å². The van der Waals surface area contributed by atoms with E-state index in [1.54, 1.807) is 13.8 Å². The van der Waals surface area contributed by atoms with Crippen LogP contribution in [0.4, 0.5) is 11.4 Å². The van der Waals surface area contributed by atoms with E-state index in [0.29, 0.717) is 31.5 Å². The van der Waals surface area contributed by atoms with Gasteiger partial charge in [-0.1, -0.05) is 49.2 Å². The molecular weight excluding hydrogens is 571 g/mol. The number of amides is 2. The van der Waals surface area contributed by atoms with Crippen LogP contribution >= 0.6 is 23.2 Å². The molecule has 0 aliphatic heterocycles. The summed E-state index contributed by atoms with van der Waals surface area (Å²) in [6.45, 7) is 3.41. The topological polar surface area (TPSA) is 109 Å². The summed E-state index contributed by atoms with van der Waals surface area (Å²) in [6.07, 6.45) is 0.367. The molecule has 2 amide bonds. The van der Waals surface area contributed by atoms with E-state index in [1.807, 2.05) is 0 Å². The first-order valence-corrected chi connectivity index (χ1v) is 15.3. The highest BCUT2D eigenvalue weighted by molar-refractivity contribution is 7.94. The molecule has 0 heterocycles. The van der Waals surface area contributed by atoms with Crippen molar-refractivity contribution in [2.24, 2.45) is 0 Å². The second-order valence-corrected chi connectivity index (χ2v) is 12.7. The molecule has 0 aliphatic carbocycles. The lowest BCUT2D eigenvalue weighted by molar-refractivity contribution is -0.118. The summed E-state index contributed by atoms with van der Waals surface area (Å²) < 4.78 is 56.2. The largest absolute Gasteiger partial charge is 0.273 e. The number of carbonyl (C=O) groups is 2. The van der Waals surface area contributed by atoms with Gasteiger partial charge >= 0.3 is 0 Å². The summed E-state index contributed by atoms with van der Waals surface area (Å²) in [6, 6.07) is 16.0. The molecule has 0 fully saturated rings. The predicted molar refractivity (Wildman–Crippen MR) is 149 cm³/mol. The van der Waals surface area contributed by atoms with Crippen LogP contribution in [0.3, 0.4) is 0 Å². The molecule has 0 saturated carbocycles. The third-order valence-electron chi connectivity index (χ3n) is 5.40. The summed E-state index contributed by atoms with van der Waals surface area (Å²) in [5.74, 6) is -1.58. The van der Waals surface area contributed by atoms with Crippen molar-refractivity contribution >= 4 is 66.4 Å². The molecule has 0 aromatic heterocycles. The number of anilines is 2. The van der Waals surface area contributed by atoms with Crippen LogP contribution in [0.2, 0.25) is 10.0 Å². The van der Waals surface area contributed by atoms with Crippen molar-refractivity contribution in [3.05, 3.63) is 82.8 Å². The second-order valence-electron chi connectivity index (χ2n) is 8.22. The van der Waals surface area contributed by atoms with Crippen molar-refractivity contribution in [3.63, 3.8) is 0 Å². The maximum Gasteiger partial charge on any atom is 0.270 e. The van der Waals surface area contributed by atoms with Gasteiger partial charge in [0.25, 0.3) is 20.0 Å². The van der Waals surface area contributed by atoms with Gasteiger partial charge in [0.15, 0.2) is 0 Å². The molecule has 38 heavy (non-hydrogen) atoms. The van der Waals surface area contributed by atoms with Crippen molar-refractivity contribution in [1.82, 2.24) is 0 Å². The second kappa shape index (κ2) is 12.3. The van der Waals surface area contributed by atoms with Crippen molar-refractivity contribution in [2.45, 2.75) is 49.3 Å². The van der Waals surface area contributed by atoms with Crippen LogP contribution in [0.15, 0.2) is 82.6 Å². The third-order valence-corrected chi connectivity index (χ3v) is 9.41. The Bertz CT molecular complexity index is 1410. The van der Waals surface area contributed by atoms with E-state index in [1.165, 1.54) is 72.8 Å². The van der Waals surface area contributed by atoms with Gasteiger partial charge in [-0.25, -0.2) is 25.4 Å². The number of hydrogen-bond acceptors (Lipinski definition) is 6. The van der Waals surface area contributed by atoms with Crippen LogP contribution in [-0.2, 0) is 29.6 Å². The average molecular weight is 598 g/mol. The van der Waals surface area contributed by atoms with E-state index in [-0.39, 0.29) is 34.0 Å². The zero-order valence-corrected chi connectivity index (χ0v) is 23.8. The van der Waals surface area contributed by atoms with Gasteiger partial charge in [0.05, 0.1) is 21.2 Å². The van der Waals surface area contributed by atoms with Gasteiger partial charge < -0.3 is 0 Å². The number of sulfonamides is 2. The molecule has 8 nitrogen and oxygen atoms in total. The summed E-state index contributed by atoms with van der Waals surface area (Å²) >= 11 is 11.9. The quantitative estimate of drug-likeness (QED) is 0.282. The normalized spacial score (nSPS) is 11.7. The Hall–Kier alpha value is -2.92. The van der Waals surface area contributed by atoms with Gasteiger partial charge in [0, 0.05) is 22.9 Å². The Morgan fingerprint density at radius 3 is 1.21 bits per heavy atom. The minimum Gasteiger partial charge on any atom is -0.273 e. The number of rotatable bonds is 10. The average Bonchev–Trinajstić information content (AvgIpc) is 2.86. The van der Waals surface area contributed by atoms with E-state index in [0.717, 1.165) is 0 Å². The van der Waals surface area contributed by atoms with Gasteiger partial charge in [-0.3, -0.25) is 9.59 Å². The van der Waals surface area contributed by atoms with Gasteiger partial charge in [-0.15, -0.1) is 0 Å². The maximum absolute atomic E-state index is 13.8. The minimum atomic E-state index is -4.53. The van der Waals surface area contributed by atoms with Gasteiger partial charge in [0.1, 0.15) is 0 Å². The van der Waals surface area contributed by atoms with Crippen LogP contribution in [-0.4, -0.2) is 28.6 Å². The molecule has 3 rings (SSSR count). The SMILES string of the molecule is CCCC(=O)N(c1ccccc1N(C(=O)CCC)S(=O)(=O)c1ccc(Cl)cc1)S(=O)(=O)c1ccc(Cl)cc1. The Morgan fingerprint density at radius 2 is 0.921 bits per heavy atom. The molecule has 0 saturated heterocycles. The molecule has 202 valence electrons. The number of hydrogen-bond donors (Lipinski definition) is 0. The molecule has 3 aromatic carbocycles. The molecule has 12 heteroatoms. The summed E-state index contributed by atoms with van der Waals surface area (Å²) in [4.78, 5) is 26.2. The number of para-hydroxylation sites is 2. The molecule has 3 aromatic rings. The van der Waals surface area contributed by atoms with Crippen LogP contribution in [0.5, 0.6) is 0 Å². The monoisotopic (exact) mass is 596 g/mol. The molecule has 0 atom stereocenters. The van der Waals surface area contributed by atoms with E-state index >= 15 is 0 Å². The van der Waals surface area contributed by atoms with Gasteiger partial charge in [0.2, 0.25) is 11.8 Å². The highest BCUT2D eigenvalue weighted by Gasteiger charge is 2.38. The highest BCUT2D eigenvalue weighted by Crippen LogP contribution is 2.37. The Balaban J connectivity index is 2.31. The Kier molecular flexibility index (Phi) is 9.59. The van der Waals surface area contributed by atoms with Crippen molar-refractivity contribution in [2.75, 3.05) is 8.61 Å². The lowest BCUT2D eigenvalue weighted by Gasteiger charge is -2.29. The number of halogens is 2. The molecule has 0 unspecified atom stereocenters. The lowest BCUT2D eigenvalue weighted by atomic mass is 10.2. The fourth-order valence-electron chi connectivity index (χ4n) is 3.66. The Labute approximate surface area is 232 Å². The summed E-state index contributed by atoms with van der Waals surface area (Å²) in [5, 5.41) is 0.586. The highest BCUT2D eigenvalue weighted by atomic mass is 35.5. The Morgan fingerprint density at radius 1 is 0.605 bits per heavy atom. The summed E-state index contributed by atoms with van der Waals surface area (Å²) in [7, 11) is -9.05. The fraction of sp³-hybridized carbons (Fsp3) is 0.231. The molecule has 0 aliphatic rings. The fourth-order valence-corrected chi connectivity index (χ4v) is 6.84.